The Morgan fingerprint density at radius 1 is 0.340 bits per heavy atom. The van der Waals surface area contributed by atoms with Crippen molar-refractivity contribution in [3.8, 4) is 50.5 Å². The van der Waals surface area contributed by atoms with E-state index in [0.717, 1.165) is 22.2 Å². The summed E-state index contributed by atoms with van der Waals surface area (Å²) in [7, 11) is 0. The van der Waals surface area contributed by atoms with Crippen molar-refractivity contribution >= 4 is 32.6 Å². The van der Waals surface area contributed by atoms with Gasteiger partial charge in [0.15, 0.2) is 0 Å². The van der Waals surface area contributed by atoms with Crippen molar-refractivity contribution in [3.05, 3.63) is 176 Å². The van der Waals surface area contributed by atoms with Crippen molar-refractivity contribution in [2.24, 2.45) is 0 Å². The van der Waals surface area contributed by atoms with E-state index in [-0.39, 0.29) is 0 Å². The van der Waals surface area contributed by atoms with Crippen LogP contribution < -0.4 is 0 Å². The van der Waals surface area contributed by atoms with E-state index in [1.54, 1.807) is 0 Å². The number of hydrogen-bond donors (Lipinski definition) is 0. The molecule has 0 unspecified atom stereocenters. The van der Waals surface area contributed by atoms with E-state index in [2.05, 4.69) is 168 Å². The Morgan fingerprint density at radius 3 is 1.53 bits per heavy atom. The fourth-order valence-electron chi connectivity index (χ4n) is 6.83. The zero-order valence-corrected chi connectivity index (χ0v) is 25.6. The van der Waals surface area contributed by atoms with Crippen LogP contribution in [0.5, 0.6) is 0 Å². The minimum atomic E-state index is 0.668. The van der Waals surface area contributed by atoms with Crippen LogP contribution in [-0.4, -0.2) is 14.5 Å². The third-order valence-electron chi connectivity index (χ3n) is 9.16. The molecule has 0 aliphatic heterocycles. The maximum absolute atomic E-state index is 4.90. The van der Waals surface area contributed by atoms with E-state index in [0.29, 0.717) is 5.95 Å². The predicted molar refractivity (Wildman–Crippen MR) is 196 cm³/mol. The van der Waals surface area contributed by atoms with E-state index in [1.807, 2.05) is 12.4 Å². The molecule has 7 aromatic carbocycles. The van der Waals surface area contributed by atoms with E-state index < -0.39 is 0 Å². The summed E-state index contributed by atoms with van der Waals surface area (Å²) in [6.45, 7) is 0. The van der Waals surface area contributed by atoms with E-state index in [4.69, 9.17) is 9.97 Å². The topological polar surface area (TPSA) is 30.7 Å². The SMILES string of the molecule is c1ccc(-c2ccccc2-c2ccc(-c3ccc(-c4cnc(-n5c6ccccc6c6ccc7ccccc7c65)nc4)cc3)cc2)cc1. The molecule has 2 aromatic heterocycles. The van der Waals surface area contributed by atoms with Crippen molar-refractivity contribution in [1.29, 1.82) is 0 Å². The lowest BCUT2D eigenvalue weighted by Crippen LogP contribution is -2.01. The molecule has 0 amide bonds. The lowest BCUT2D eigenvalue weighted by Gasteiger charge is -2.11. The molecule has 47 heavy (non-hydrogen) atoms. The zero-order valence-electron chi connectivity index (χ0n) is 25.6. The minimum Gasteiger partial charge on any atom is -0.277 e. The molecular weight excluding hydrogens is 571 g/mol. The maximum Gasteiger partial charge on any atom is 0.234 e. The summed E-state index contributed by atoms with van der Waals surface area (Å²) in [5, 5.41) is 4.80. The largest absolute Gasteiger partial charge is 0.277 e. The molecule has 0 radical (unpaired) electrons. The lowest BCUT2D eigenvalue weighted by molar-refractivity contribution is 0.992. The van der Waals surface area contributed by atoms with E-state index >= 15 is 0 Å². The molecule has 0 atom stereocenters. The van der Waals surface area contributed by atoms with Gasteiger partial charge in [-0.05, 0) is 50.4 Å². The highest BCUT2D eigenvalue weighted by Gasteiger charge is 2.16. The van der Waals surface area contributed by atoms with Crippen LogP contribution >= 0.6 is 0 Å². The summed E-state index contributed by atoms with van der Waals surface area (Å²) < 4.78 is 2.20. The third kappa shape index (κ3) is 4.68. The molecule has 3 heteroatoms. The van der Waals surface area contributed by atoms with Gasteiger partial charge in [-0.1, -0.05) is 158 Å². The fraction of sp³-hybridized carbons (Fsp3) is 0. The first kappa shape index (κ1) is 27.0. The van der Waals surface area contributed by atoms with Gasteiger partial charge in [0.1, 0.15) is 0 Å². The standard InChI is InChI=1S/C44H29N3/c1-2-10-33(11-3-1)37-13-6-7-14-38(37)35-24-22-31(23-25-35)30-18-20-32(21-19-30)36-28-45-44(46-29-36)47-42-17-9-8-16-40(42)41-27-26-34-12-4-5-15-39(34)43(41)47/h1-29H. The average molecular weight is 600 g/mol. The summed E-state index contributed by atoms with van der Waals surface area (Å²) in [4.78, 5) is 9.81. The van der Waals surface area contributed by atoms with Crippen LogP contribution in [-0.2, 0) is 0 Å². The fourth-order valence-corrected chi connectivity index (χ4v) is 6.83. The molecule has 0 fully saturated rings. The van der Waals surface area contributed by atoms with Gasteiger partial charge in [0.05, 0.1) is 11.0 Å². The number of nitrogens with zero attached hydrogens (tertiary/aromatic N) is 3. The normalized spacial score (nSPS) is 11.4. The Hall–Kier alpha value is -6.32. The van der Waals surface area contributed by atoms with Gasteiger partial charge in [-0.2, -0.15) is 0 Å². The number of fused-ring (bicyclic) bond motifs is 5. The molecule has 9 aromatic rings. The summed E-state index contributed by atoms with van der Waals surface area (Å²) in [5.74, 6) is 0.668. The Balaban J connectivity index is 1.02. The number of benzene rings is 7. The second-order valence-corrected chi connectivity index (χ2v) is 11.9. The van der Waals surface area contributed by atoms with Gasteiger partial charge in [-0.25, -0.2) is 9.97 Å². The highest BCUT2D eigenvalue weighted by molar-refractivity contribution is 6.18. The van der Waals surface area contributed by atoms with Crippen molar-refractivity contribution in [3.63, 3.8) is 0 Å². The Labute approximate surface area is 273 Å². The van der Waals surface area contributed by atoms with Crippen LogP contribution in [0.4, 0.5) is 0 Å². The van der Waals surface area contributed by atoms with E-state index in [9.17, 15) is 0 Å². The lowest BCUT2D eigenvalue weighted by atomic mass is 9.93. The first-order valence-corrected chi connectivity index (χ1v) is 15.9. The van der Waals surface area contributed by atoms with E-state index in [1.165, 1.54) is 54.9 Å². The summed E-state index contributed by atoms with van der Waals surface area (Å²) in [6, 6.07) is 58.1. The average Bonchev–Trinajstić information content (AvgIpc) is 3.50. The van der Waals surface area contributed by atoms with Gasteiger partial charge in [0.2, 0.25) is 5.95 Å². The van der Waals surface area contributed by atoms with Crippen LogP contribution in [0.3, 0.4) is 0 Å². The number of hydrogen-bond acceptors (Lipinski definition) is 2. The summed E-state index contributed by atoms with van der Waals surface area (Å²) in [6.07, 6.45) is 3.87. The second-order valence-electron chi connectivity index (χ2n) is 11.9. The zero-order chi connectivity index (χ0) is 31.2. The smallest absolute Gasteiger partial charge is 0.234 e. The molecule has 0 spiro atoms. The van der Waals surface area contributed by atoms with Gasteiger partial charge in [-0.15, -0.1) is 0 Å². The Kier molecular flexibility index (Phi) is 6.46. The Morgan fingerprint density at radius 2 is 0.851 bits per heavy atom. The summed E-state index contributed by atoms with van der Waals surface area (Å²) in [5.41, 5.74) is 11.6. The molecular formula is C44H29N3. The molecule has 2 heterocycles. The van der Waals surface area contributed by atoms with Crippen LogP contribution in [0, 0.1) is 0 Å². The molecule has 3 nitrogen and oxygen atoms in total. The van der Waals surface area contributed by atoms with Crippen LogP contribution in [0.1, 0.15) is 0 Å². The molecule has 9 rings (SSSR count). The number of para-hydroxylation sites is 1. The third-order valence-corrected chi connectivity index (χ3v) is 9.16. The molecule has 0 aliphatic rings. The van der Waals surface area contributed by atoms with Crippen LogP contribution in [0.2, 0.25) is 0 Å². The monoisotopic (exact) mass is 599 g/mol. The highest BCUT2D eigenvalue weighted by atomic mass is 15.1. The van der Waals surface area contributed by atoms with Gasteiger partial charge < -0.3 is 0 Å². The van der Waals surface area contributed by atoms with Gasteiger partial charge in [0.25, 0.3) is 0 Å². The second kappa shape index (κ2) is 11.2. The molecule has 0 aliphatic carbocycles. The van der Waals surface area contributed by atoms with Crippen molar-refractivity contribution in [2.45, 2.75) is 0 Å². The predicted octanol–water partition coefficient (Wildman–Crippen LogP) is 11.4. The number of rotatable bonds is 5. The van der Waals surface area contributed by atoms with Crippen molar-refractivity contribution in [2.75, 3.05) is 0 Å². The number of aromatic nitrogens is 3. The first-order valence-electron chi connectivity index (χ1n) is 15.9. The molecule has 0 saturated carbocycles. The maximum atomic E-state index is 4.90. The summed E-state index contributed by atoms with van der Waals surface area (Å²) >= 11 is 0. The van der Waals surface area contributed by atoms with Crippen molar-refractivity contribution < 1.29 is 0 Å². The highest BCUT2D eigenvalue weighted by Crippen LogP contribution is 2.36. The quantitative estimate of drug-likeness (QED) is 0.197. The Bertz CT molecular complexity index is 2530. The van der Waals surface area contributed by atoms with Crippen LogP contribution in [0.25, 0.3) is 83.0 Å². The molecule has 0 N–H and O–H groups in total. The van der Waals surface area contributed by atoms with Gasteiger partial charge in [-0.3, -0.25) is 4.57 Å². The minimum absolute atomic E-state index is 0.668. The molecule has 0 saturated heterocycles. The first-order chi connectivity index (χ1) is 23.3. The van der Waals surface area contributed by atoms with Gasteiger partial charge in [0, 0.05) is 34.1 Å². The molecule has 220 valence electrons. The van der Waals surface area contributed by atoms with Crippen LogP contribution in [0.15, 0.2) is 176 Å². The van der Waals surface area contributed by atoms with Gasteiger partial charge >= 0.3 is 0 Å². The van der Waals surface area contributed by atoms with Crippen molar-refractivity contribution in [1.82, 2.24) is 14.5 Å². The molecule has 0 bridgehead atoms.